The van der Waals surface area contributed by atoms with Crippen molar-refractivity contribution in [1.82, 2.24) is 9.88 Å². The van der Waals surface area contributed by atoms with Crippen LogP contribution >= 0.6 is 36.2 Å². The zero-order chi connectivity index (χ0) is 13.7. The number of nitrogens with two attached hydrogens (primary N) is 1. The summed E-state index contributed by atoms with van der Waals surface area (Å²) in [4.78, 5) is 18.7. The Labute approximate surface area is 142 Å². The van der Waals surface area contributed by atoms with Crippen molar-refractivity contribution in [3.05, 3.63) is 16.6 Å². The van der Waals surface area contributed by atoms with Gasteiger partial charge in [0.2, 0.25) is 5.91 Å². The maximum atomic E-state index is 12.4. The van der Waals surface area contributed by atoms with Crippen LogP contribution in [0, 0.1) is 0 Å². The fourth-order valence-electron chi connectivity index (χ4n) is 2.46. The number of nitrogens with zero attached hydrogens (tertiary/aromatic N) is 2. The molecule has 122 valence electrons. The zero-order valence-corrected chi connectivity index (χ0v) is 14.5. The average Bonchev–Trinajstić information content (AvgIpc) is 2.98. The van der Waals surface area contributed by atoms with Crippen LogP contribution in [0.15, 0.2) is 11.6 Å². The fraction of sp³-hybridized carbons (Fsp3) is 0.692. The van der Waals surface area contributed by atoms with E-state index in [0.29, 0.717) is 13.0 Å². The van der Waals surface area contributed by atoms with E-state index in [0.717, 1.165) is 30.8 Å². The van der Waals surface area contributed by atoms with Crippen LogP contribution in [-0.4, -0.2) is 42.1 Å². The first kappa shape index (κ1) is 20.6. The summed E-state index contributed by atoms with van der Waals surface area (Å²) in [6.07, 6.45) is 5.18. The van der Waals surface area contributed by atoms with E-state index >= 15 is 0 Å². The molecule has 5 nitrogen and oxygen atoms in total. The number of ether oxygens (including phenoxy) is 1. The van der Waals surface area contributed by atoms with Crippen LogP contribution in [0.5, 0.6) is 0 Å². The third kappa shape index (κ3) is 5.38. The molecular formula is C13H23Cl2N3O2S. The molecule has 0 aromatic carbocycles. The third-order valence-electron chi connectivity index (χ3n) is 3.56. The van der Waals surface area contributed by atoms with Gasteiger partial charge in [0, 0.05) is 31.8 Å². The summed E-state index contributed by atoms with van der Waals surface area (Å²) < 4.78 is 5.20. The summed E-state index contributed by atoms with van der Waals surface area (Å²) in [5.41, 5.74) is 5.58. The summed E-state index contributed by atoms with van der Waals surface area (Å²) in [5, 5.41) is 3.00. The monoisotopic (exact) mass is 355 g/mol. The maximum Gasteiger partial charge on any atom is 0.225 e. The van der Waals surface area contributed by atoms with Gasteiger partial charge in [-0.15, -0.1) is 36.2 Å². The van der Waals surface area contributed by atoms with Gasteiger partial charge in [-0.3, -0.25) is 4.79 Å². The van der Waals surface area contributed by atoms with E-state index < -0.39 is 0 Å². The lowest BCUT2D eigenvalue weighted by Crippen LogP contribution is -2.41. The lowest BCUT2D eigenvalue weighted by molar-refractivity contribution is -0.137. The van der Waals surface area contributed by atoms with E-state index in [1.807, 2.05) is 10.3 Å². The number of thiazole rings is 1. The number of hydrogen-bond acceptors (Lipinski definition) is 5. The van der Waals surface area contributed by atoms with Crippen molar-refractivity contribution in [2.45, 2.75) is 37.8 Å². The van der Waals surface area contributed by atoms with E-state index in [9.17, 15) is 4.79 Å². The second-order valence-corrected chi connectivity index (χ2v) is 5.69. The van der Waals surface area contributed by atoms with Gasteiger partial charge in [-0.1, -0.05) is 0 Å². The Morgan fingerprint density at radius 1 is 1.57 bits per heavy atom. The number of halogens is 2. The highest BCUT2D eigenvalue weighted by Gasteiger charge is 2.30. The van der Waals surface area contributed by atoms with Gasteiger partial charge < -0.3 is 15.4 Å². The van der Waals surface area contributed by atoms with Crippen LogP contribution in [0.25, 0.3) is 0 Å². The minimum Gasteiger partial charge on any atom is -0.380 e. The fourth-order valence-corrected chi connectivity index (χ4v) is 3.25. The molecule has 2 rings (SSSR count). The molecule has 21 heavy (non-hydrogen) atoms. The molecular weight excluding hydrogens is 333 g/mol. The summed E-state index contributed by atoms with van der Waals surface area (Å²) >= 11 is 1.62. The molecule has 1 amide bonds. The SMILES string of the molecule is COC(CN)CC(=O)N1CCCCC1c1nccs1.Cl.Cl. The standard InChI is InChI=1S/C13H21N3O2S.2ClH/c1-18-10(9-14)8-12(17)16-6-3-2-4-11(16)13-15-5-7-19-13;;/h5,7,10-11H,2-4,6,8-9,14H2,1H3;2*1H. The number of carbonyl (C=O) groups is 1. The molecule has 0 spiro atoms. The molecule has 0 bridgehead atoms. The number of methoxy groups -OCH3 is 1. The van der Waals surface area contributed by atoms with E-state index in [-0.39, 0.29) is 42.9 Å². The average molecular weight is 356 g/mol. The van der Waals surface area contributed by atoms with Crippen LogP contribution in [0.2, 0.25) is 0 Å². The molecule has 0 radical (unpaired) electrons. The number of aromatic nitrogens is 1. The Kier molecular flexibility index (Phi) is 10.1. The zero-order valence-electron chi connectivity index (χ0n) is 12.1. The van der Waals surface area contributed by atoms with Crippen molar-refractivity contribution in [1.29, 1.82) is 0 Å². The molecule has 1 fully saturated rings. The Hall–Kier alpha value is -0.400. The second-order valence-electron chi connectivity index (χ2n) is 4.77. The first-order chi connectivity index (χ1) is 9.26. The number of likely N-dealkylation sites (tertiary alicyclic amines) is 1. The predicted octanol–water partition coefficient (Wildman–Crippen LogP) is 2.40. The lowest BCUT2D eigenvalue weighted by Gasteiger charge is -2.35. The van der Waals surface area contributed by atoms with Crippen LogP contribution in [-0.2, 0) is 9.53 Å². The molecule has 0 saturated carbocycles. The minimum atomic E-state index is -0.189. The van der Waals surface area contributed by atoms with Gasteiger partial charge >= 0.3 is 0 Å². The Morgan fingerprint density at radius 3 is 2.90 bits per heavy atom. The number of carbonyl (C=O) groups excluding carboxylic acids is 1. The molecule has 2 heterocycles. The summed E-state index contributed by atoms with van der Waals surface area (Å²) in [7, 11) is 1.60. The normalized spacial score (nSPS) is 19.3. The molecule has 0 aliphatic carbocycles. The van der Waals surface area contributed by atoms with Crippen LogP contribution in [0.4, 0.5) is 0 Å². The highest BCUT2D eigenvalue weighted by atomic mass is 35.5. The molecule has 1 aliphatic heterocycles. The van der Waals surface area contributed by atoms with Crippen molar-refractivity contribution in [3.8, 4) is 0 Å². The highest BCUT2D eigenvalue weighted by Crippen LogP contribution is 2.32. The largest absolute Gasteiger partial charge is 0.380 e. The van der Waals surface area contributed by atoms with Gasteiger partial charge in [-0.05, 0) is 19.3 Å². The van der Waals surface area contributed by atoms with Gasteiger partial charge in [-0.25, -0.2) is 4.98 Å². The number of amides is 1. The van der Waals surface area contributed by atoms with Crippen molar-refractivity contribution >= 4 is 42.1 Å². The molecule has 2 atom stereocenters. The van der Waals surface area contributed by atoms with Crippen molar-refractivity contribution in [2.75, 3.05) is 20.2 Å². The second kappa shape index (κ2) is 10.3. The number of piperidine rings is 1. The Morgan fingerprint density at radius 2 is 2.33 bits per heavy atom. The third-order valence-corrected chi connectivity index (χ3v) is 4.43. The van der Waals surface area contributed by atoms with Gasteiger partial charge in [0.25, 0.3) is 0 Å². The molecule has 2 N–H and O–H groups in total. The molecule has 1 aromatic rings. The Balaban J connectivity index is 0.00000200. The first-order valence-electron chi connectivity index (χ1n) is 6.68. The Bertz CT molecular complexity index is 402. The van der Waals surface area contributed by atoms with Gasteiger partial charge in [0.05, 0.1) is 18.6 Å². The quantitative estimate of drug-likeness (QED) is 0.880. The number of rotatable bonds is 5. The van der Waals surface area contributed by atoms with E-state index in [2.05, 4.69) is 4.98 Å². The van der Waals surface area contributed by atoms with Gasteiger partial charge in [-0.2, -0.15) is 0 Å². The highest BCUT2D eigenvalue weighted by molar-refractivity contribution is 7.09. The maximum absolute atomic E-state index is 12.4. The van der Waals surface area contributed by atoms with Crippen LogP contribution in [0.1, 0.15) is 36.7 Å². The lowest BCUT2D eigenvalue weighted by atomic mass is 10.0. The van der Waals surface area contributed by atoms with Crippen LogP contribution in [0.3, 0.4) is 0 Å². The van der Waals surface area contributed by atoms with Gasteiger partial charge in [0.1, 0.15) is 5.01 Å². The molecule has 8 heteroatoms. The van der Waals surface area contributed by atoms with E-state index in [4.69, 9.17) is 10.5 Å². The van der Waals surface area contributed by atoms with E-state index in [1.165, 1.54) is 0 Å². The molecule has 2 unspecified atom stereocenters. The smallest absolute Gasteiger partial charge is 0.225 e. The van der Waals surface area contributed by atoms with Crippen molar-refractivity contribution in [2.24, 2.45) is 5.73 Å². The minimum absolute atomic E-state index is 0. The van der Waals surface area contributed by atoms with Crippen molar-refractivity contribution < 1.29 is 9.53 Å². The summed E-state index contributed by atoms with van der Waals surface area (Å²) in [5.74, 6) is 0.122. The first-order valence-corrected chi connectivity index (χ1v) is 7.56. The topological polar surface area (TPSA) is 68.5 Å². The molecule has 1 aliphatic rings. The predicted molar refractivity (Wildman–Crippen MR) is 89.4 cm³/mol. The summed E-state index contributed by atoms with van der Waals surface area (Å²) in [6.45, 7) is 1.18. The van der Waals surface area contributed by atoms with Crippen molar-refractivity contribution in [3.63, 3.8) is 0 Å². The van der Waals surface area contributed by atoms with Crippen LogP contribution < -0.4 is 5.73 Å². The number of hydrogen-bond donors (Lipinski definition) is 1. The molecule has 1 saturated heterocycles. The summed E-state index contributed by atoms with van der Waals surface area (Å²) in [6, 6.07) is 0.136. The molecule has 1 aromatic heterocycles. The van der Waals surface area contributed by atoms with E-state index in [1.54, 1.807) is 24.6 Å². The van der Waals surface area contributed by atoms with Gasteiger partial charge in [0.15, 0.2) is 0 Å².